The number of ether oxygens (including phenoxy) is 3. The molecule has 59 heavy (non-hydrogen) atoms. The second-order valence-corrected chi connectivity index (χ2v) is 12.9. The second-order valence-electron chi connectivity index (χ2n) is 11.5. The van der Waals surface area contributed by atoms with E-state index in [1.54, 1.807) is 18.2 Å². The molecule has 0 spiro atoms. The third-order valence-corrected chi connectivity index (χ3v) is 7.94. The Morgan fingerprint density at radius 1 is 0.644 bits per heavy atom. The predicted molar refractivity (Wildman–Crippen MR) is 221 cm³/mol. The number of rotatable bonds is 11. The summed E-state index contributed by atoms with van der Waals surface area (Å²) in [5.74, 6) is -2.53. The summed E-state index contributed by atoms with van der Waals surface area (Å²) >= 11 is 17.3. The molecule has 0 aliphatic heterocycles. The van der Waals surface area contributed by atoms with Crippen LogP contribution in [0.3, 0.4) is 0 Å². The predicted octanol–water partition coefficient (Wildman–Crippen LogP) is 7.90. The van der Waals surface area contributed by atoms with Crippen LogP contribution in [-0.4, -0.2) is 46.1 Å². The van der Waals surface area contributed by atoms with Crippen LogP contribution >= 0.6 is 34.8 Å². The Bertz CT molecular complexity index is 2310. The molecule has 0 aliphatic rings. The van der Waals surface area contributed by atoms with Crippen LogP contribution in [-0.2, 0) is 18.0 Å². The smallest absolute Gasteiger partial charge is 1.00 e. The number of nitrogens with zero attached hydrogens (tertiary/aromatic N) is 1. The number of carboxylic acid groups (broad SMARTS) is 2. The average molecular weight is 874 g/mol. The van der Waals surface area contributed by atoms with Gasteiger partial charge >= 0.3 is 47.5 Å². The van der Waals surface area contributed by atoms with Crippen molar-refractivity contribution in [2.24, 2.45) is 0 Å². The van der Waals surface area contributed by atoms with Gasteiger partial charge in [-0.2, -0.15) is 0 Å². The van der Waals surface area contributed by atoms with Crippen LogP contribution in [0.2, 0.25) is 15.1 Å². The van der Waals surface area contributed by atoms with Gasteiger partial charge in [0.05, 0.1) is 23.8 Å². The molecule has 6 aromatic rings. The van der Waals surface area contributed by atoms with Crippen LogP contribution in [0.5, 0.6) is 11.5 Å². The quantitative estimate of drug-likeness (QED) is 0.0863. The number of aromatic nitrogens is 1. The summed E-state index contributed by atoms with van der Waals surface area (Å²) in [4.78, 5) is 49.1. The van der Waals surface area contributed by atoms with E-state index in [1.165, 1.54) is 49.7 Å². The average Bonchev–Trinajstić information content (AvgIpc) is 3.20. The Morgan fingerprint density at radius 3 is 1.54 bits per heavy atom. The van der Waals surface area contributed by atoms with Gasteiger partial charge in [-0.05, 0) is 77.9 Å². The molecule has 0 aliphatic carbocycles. The number of methoxy groups -OCH3 is 1. The van der Waals surface area contributed by atoms with Gasteiger partial charge in [-0.15, -0.1) is 0 Å². The minimum Gasteiger partial charge on any atom is -1.00 e. The van der Waals surface area contributed by atoms with Crippen LogP contribution in [0, 0.1) is 5.82 Å². The largest absolute Gasteiger partial charge is 1.00 e. The van der Waals surface area contributed by atoms with E-state index in [2.05, 4.69) is 15.0 Å². The number of esters is 1. The number of benzene rings is 5. The summed E-state index contributed by atoms with van der Waals surface area (Å²) in [6, 6.07) is 34.7. The van der Waals surface area contributed by atoms with Crippen molar-refractivity contribution in [1.29, 1.82) is 0 Å². The molecule has 0 radical (unpaired) electrons. The summed E-state index contributed by atoms with van der Waals surface area (Å²) in [5.41, 5.74) is 2.60. The van der Waals surface area contributed by atoms with Crippen molar-refractivity contribution in [2.45, 2.75) is 20.6 Å². The molecule has 0 fully saturated rings. The second kappa shape index (κ2) is 25.1. The standard InChI is InChI=1S/C21H17ClN2O4.C14H11ClO3.C7H4ClFO2.CH4.Na.H/c1-27-21(26)15-7-8-19(23-12-15)24-20(25)16-9-17(22)11-18(10-16)28-13-14-5-3-2-4-6-14;15-12-6-11(14(16)17)7-13(8-12)18-9-10-4-2-1-3-5-10;8-5-1-4(7(10)11)2-6(9)3-5;;;/h2-12H,13H2,1H3,(H,23,24,25);1-8H,9H2,(H,16,17);1-3H,(H,10,11);1H4;;/q;;;;+1;-1. The van der Waals surface area contributed by atoms with Gasteiger partial charge in [-0.25, -0.2) is 23.8 Å². The third kappa shape index (κ3) is 17.1. The zero-order chi connectivity index (χ0) is 41.3. The molecule has 3 N–H and O–H groups in total. The van der Waals surface area contributed by atoms with Gasteiger partial charge in [0.15, 0.2) is 0 Å². The molecule has 1 aromatic heterocycles. The zero-order valence-corrected chi connectivity index (χ0v) is 35.1. The maximum absolute atomic E-state index is 12.5. The van der Waals surface area contributed by atoms with Crippen molar-refractivity contribution < 1.29 is 79.0 Å². The number of hydrogen-bond donors (Lipinski definition) is 3. The molecule has 0 saturated carbocycles. The minimum atomic E-state index is -1.19. The van der Waals surface area contributed by atoms with Gasteiger partial charge in [-0.3, -0.25) is 4.79 Å². The molecule has 1 heterocycles. The summed E-state index contributed by atoms with van der Waals surface area (Å²) in [6.45, 7) is 0.735. The molecule has 0 atom stereocenters. The molecular formula is C43H37Cl3FN2NaO9. The minimum absolute atomic E-state index is 0. The van der Waals surface area contributed by atoms with E-state index in [0.29, 0.717) is 51.7 Å². The number of hydrogen-bond acceptors (Lipinski definition) is 8. The molecular weight excluding hydrogens is 837 g/mol. The van der Waals surface area contributed by atoms with Crippen LogP contribution in [0.1, 0.15) is 61.4 Å². The van der Waals surface area contributed by atoms with Gasteiger partial charge < -0.3 is 31.2 Å². The van der Waals surface area contributed by atoms with Crippen LogP contribution in [0.15, 0.2) is 134 Å². The van der Waals surface area contributed by atoms with E-state index in [-0.39, 0.29) is 54.6 Å². The number of anilines is 1. The molecule has 0 saturated heterocycles. The first-order chi connectivity index (χ1) is 27.3. The fraction of sp³-hybridized carbons (Fsp3) is 0.0930. The van der Waals surface area contributed by atoms with Crippen molar-refractivity contribution in [3.05, 3.63) is 188 Å². The van der Waals surface area contributed by atoms with Gasteiger partial charge in [-0.1, -0.05) is 103 Å². The Balaban J connectivity index is 0.000000484. The molecule has 302 valence electrons. The van der Waals surface area contributed by atoms with Crippen molar-refractivity contribution >= 4 is 64.4 Å². The van der Waals surface area contributed by atoms with Gasteiger partial charge in [0, 0.05) is 26.8 Å². The molecule has 0 bridgehead atoms. The van der Waals surface area contributed by atoms with Crippen molar-refractivity contribution in [3.8, 4) is 11.5 Å². The van der Waals surface area contributed by atoms with E-state index >= 15 is 0 Å². The molecule has 6 rings (SSSR count). The number of pyridine rings is 1. The van der Waals surface area contributed by atoms with Gasteiger partial charge in [0.1, 0.15) is 36.3 Å². The summed E-state index contributed by atoms with van der Waals surface area (Å²) < 4.78 is 28.3. The first kappa shape index (κ1) is 49.7. The fourth-order valence-corrected chi connectivity index (χ4v) is 5.27. The summed E-state index contributed by atoms with van der Waals surface area (Å²) in [5, 5.41) is 20.8. The van der Waals surface area contributed by atoms with E-state index < -0.39 is 29.6 Å². The maximum atomic E-state index is 12.5. The Kier molecular flexibility index (Phi) is 21.1. The topological polar surface area (TPSA) is 161 Å². The maximum Gasteiger partial charge on any atom is 1.00 e. The van der Waals surface area contributed by atoms with E-state index in [4.69, 9.17) is 54.5 Å². The number of amides is 1. The molecule has 16 heteroatoms. The number of carbonyl (C=O) groups excluding carboxylic acids is 2. The summed E-state index contributed by atoms with van der Waals surface area (Å²) in [6.07, 6.45) is 1.33. The van der Waals surface area contributed by atoms with Crippen LogP contribution in [0.4, 0.5) is 10.2 Å². The van der Waals surface area contributed by atoms with Crippen LogP contribution < -0.4 is 44.3 Å². The van der Waals surface area contributed by atoms with E-state index in [0.717, 1.165) is 23.3 Å². The zero-order valence-electron chi connectivity index (χ0n) is 31.8. The molecule has 11 nitrogen and oxygen atoms in total. The number of aromatic carboxylic acids is 2. The Morgan fingerprint density at radius 2 is 1.10 bits per heavy atom. The van der Waals surface area contributed by atoms with Crippen molar-refractivity contribution in [3.63, 3.8) is 0 Å². The fourth-order valence-electron chi connectivity index (χ4n) is 4.60. The van der Waals surface area contributed by atoms with E-state index in [1.807, 2.05) is 60.7 Å². The van der Waals surface area contributed by atoms with Gasteiger partial charge in [0.25, 0.3) is 5.91 Å². The molecule has 1 amide bonds. The van der Waals surface area contributed by atoms with E-state index in [9.17, 15) is 23.6 Å². The number of carbonyl (C=O) groups is 4. The number of nitrogens with one attached hydrogen (secondary N) is 1. The first-order valence-electron chi connectivity index (χ1n) is 16.5. The molecule has 5 aromatic carbocycles. The number of carboxylic acids is 2. The molecule has 0 unspecified atom stereocenters. The van der Waals surface area contributed by atoms with Crippen molar-refractivity contribution in [2.75, 3.05) is 12.4 Å². The van der Waals surface area contributed by atoms with Crippen molar-refractivity contribution in [1.82, 2.24) is 4.98 Å². The first-order valence-corrected chi connectivity index (χ1v) is 17.7. The van der Waals surface area contributed by atoms with Crippen LogP contribution in [0.25, 0.3) is 0 Å². The Hall–Kier alpha value is -5.47. The monoisotopic (exact) mass is 872 g/mol. The summed E-state index contributed by atoms with van der Waals surface area (Å²) in [7, 11) is 1.29. The Labute approximate surface area is 378 Å². The SMILES string of the molecule is C.COC(=O)c1ccc(NC(=O)c2cc(Cl)cc(OCc3ccccc3)c2)nc1.O=C(O)c1cc(Cl)cc(OCc2ccccc2)c1.O=C(O)c1cc(F)cc(Cl)c1.[H-].[Na+]. The normalized spacial score (nSPS) is 9.71. The number of halogens is 4. The third-order valence-electron chi connectivity index (χ3n) is 7.28. The van der Waals surface area contributed by atoms with Gasteiger partial charge in [0.2, 0.25) is 0 Å².